The number of ether oxygens (including phenoxy) is 1. The first kappa shape index (κ1) is 13.3. The second-order valence-electron chi connectivity index (χ2n) is 4.91. The molecule has 1 aliphatic rings. The average molecular weight is 335 g/mol. The monoisotopic (exact) mass is 334 g/mol. The third-order valence-electron chi connectivity index (χ3n) is 3.33. The van der Waals surface area contributed by atoms with Crippen molar-refractivity contribution < 1.29 is 13.9 Å². The molecule has 0 aromatic heterocycles. The quantitative estimate of drug-likeness (QED) is 0.771. The predicted octanol–water partition coefficient (Wildman–Crippen LogP) is 4.14. The van der Waals surface area contributed by atoms with Crippen LogP contribution in [0.15, 0.2) is 40.9 Å². The highest BCUT2D eigenvalue weighted by Crippen LogP contribution is 2.30. The third-order valence-corrected chi connectivity index (χ3v) is 4.02. The van der Waals surface area contributed by atoms with Gasteiger partial charge in [0.2, 0.25) is 0 Å². The molecule has 0 saturated carbocycles. The van der Waals surface area contributed by atoms with Gasteiger partial charge in [-0.2, -0.15) is 0 Å². The van der Waals surface area contributed by atoms with Crippen LogP contribution in [0.4, 0.5) is 4.39 Å². The number of benzene rings is 2. The normalized spacial score (nSPS) is 16.6. The van der Waals surface area contributed by atoms with E-state index in [-0.39, 0.29) is 11.9 Å². The lowest BCUT2D eigenvalue weighted by molar-refractivity contribution is 0.103. The summed E-state index contributed by atoms with van der Waals surface area (Å²) in [4.78, 5) is 12.5. The summed E-state index contributed by atoms with van der Waals surface area (Å²) in [6.45, 7) is 1.99. The molecule has 0 N–H and O–H groups in total. The molecular formula is C16H12BrFO2. The largest absolute Gasteiger partial charge is 0.490 e. The minimum absolute atomic E-state index is 0.135. The van der Waals surface area contributed by atoms with Gasteiger partial charge in [0.25, 0.3) is 0 Å². The Labute approximate surface area is 124 Å². The molecule has 102 valence electrons. The lowest BCUT2D eigenvalue weighted by Gasteiger charge is -2.06. The van der Waals surface area contributed by atoms with Crippen LogP contribution in [0, 0.1) is 5.82 Å². The molecule has 2 nitrogen and oxygen atoms in total. The molecule has 0 spiro atoms. The van der Waals surface area contributed by atoms with Gasteiger partial charge in [0.1, 0.15) is 17.7 Å². The Bertz CT molecular complexity index is 697. The highest BCUT2D eigenvalue weighted by Gasteiger charge is 2.21. The van der Waals surface area contributed by atoms with Gasteiger partial charge in [-0.25, -0.2) is 4.39 Å². The molecule has 2 aromatic rings. The van der Waals surface area contributed by atoms with Crippen LogP contribution < -0.4 is 4.74 Å². The van der Waals surface area contributed by atoms with E-state index in [1.54, 1.807) is 18.2 Å². The Hall–Kier alpha value is -1.68. The molecule has 0 amide bonds. The van der Waals surface area contributed by atoms with Gasteiger partial charge >= 0.3 is 0 Å². The van der Waals surface area contributed by atoms with Gasteiger partial charge < -0.3 is 4.74 Å². The van der Waals surface area contributed by atoms with Gasteiger partial charge in [-0.3, -0.25) is 4.79 Å². The first-order chi connectivity index (χ1) is 9.54. The highest BCUT2D eigenvalue weighted by atomic mass is 79.9. The Balaban J connectivity index is 1.99. The maximum Gasteiger partial charge on any atom is 0.194 e. The third kappa shape index (κ3) is 2.36. The highest BCUT2D eigenvalue weighted by molar-refractivity contribution is 9.10. The number of ketones is 1. The summed E-state index contributed by atoms with van der Waals surface area (Å²) in [6, 6.07) is 9.47. The fourth-order valence-electron chi connectivity index (χ4n) is 2.39. The van der Waals surface area contributed by atoms with Crippen molar-refractivity contribution in [1.82, 2.24) is 0 Å². The second-order valence-corrected chi connectivity index (χ2v) is 5.76. The first-order valence-electron chi connectivity index (χ1n) is 6.34. The van der Waals surface area contributed by atoms with Crippen molar-refractivity contribution in [2.24, 2.45) is 0 Å². The molecule has 0 saturated heterocycles. The van der Waals surface area contributed by atoms with Gasteiger partial charge in [-0.1, -0.05) is 15.9 Å². The average Bonchev–Trinajstić information content (AvgIpc) is 2.79. The minimum atomic E-state index is -0.422. The summed E-state index contributed by atoms with van der Waals surface area (Å²) >= 11 is 3.29. The smallest absolute Gasteiger partial charge is 0.194 e. The van der Waals surface area contributed by atoms with Crippen molar-refractivity contribution in [3.8, 4) is 5.75 Å². The molecule has 1 atom stereocenters. The van der Waals surface area contributed by atoms with Crippen molar-refractivity contribution >= 4 is 21.7 Å². The summed E-state index contributed by atoms with van der Waals surface area (Å²) in [5.41, 5.74) is 1.90. The van der Waals surface area contributed by atoms with Gasteiger partial charge in [0, 0.05) is 22.0 Å². The standard InChI is InChI=1S/C16H12BrFO2/c1-9-6-11-7-10(2-5-15(11)20-9)16(19)13-8-12(18)3-4-14(13)17/h2-5,7-9H,6H2,1H3. The molecule has 0 radical (unpaired) electrons. The summed E-state index contributed by atoms with van der Waals surface area (Å²) in [5, 5.41) is 0. The zero-order valence-electron chi connectivity index (χ0n) is 10.8. The molecule has 1 heterocycles. The van der Waals surface area contributed by atoms with Crippen molar-refractivity contribution in [1.29, 1.82) is 0 Å². The number of carbonyl (C=O) groups is 1. The van der Waals surface area contributed by atoms with E-state index >= 15 is 0 Å². The molecule has 4 heteroatoms. The Kier molecular flexibility index (Phi) is 3.34. The van der Waals surface area contributed by atoms with Crippen LogP contribution >= 0.6 is 15.9 Å². The van der Waals surface area contributed by atoms with E-state index in [9.17, 15) is 9.18 Å². The van der Waals surface area contributed by atoms with Crippen molar-refractivity contribution in [2.75, 3.05) is 0 Å². The fourth-order valence-corrected chi connectivity index (χ4v) is 2.82. The zero-order valence-corrected chi connectivity index (χ0v) is 12.4. The molecule has 0 bridgehead atoms. The molecule has 1 unspecified atom stereocenters. The Morgan fingerprint density at radius 1 is 1.30 bits per heavy atom. The van der Waals surface area contributed by atoms with Crippen molar-refractivity contribution in [2.45, 2.75) is 19.4 Å². The topological polar surface area (TPSA) is 26.3 Å². The summed E-state index contributed by atoms with van der Waals surface area (Å²) < 4.78 is 19.5. The number of rotatable bonds is 2. The maximum atomic E-state index is 13.3. The van der Waals surface area contributed by atoms with E-state index in [0.29, 0.717) is 15.6 Å². The molecule has 1 aliphatic heterocycles. The van der Waals surface area contributed by atoms with Crippen LogP contribution in [-0.4, -0.2) is 11.9 Å². The SMILES string of the molecule is CC1Cc2cc(C(=O)c3cc(F)ccc3Br)ccc2O1. The van der Waals surface area contributed by atoms with Gasteiger partial charge in [-0.05, 0) is 48.9 Å². The van der Waals surface area contributed by atoms with Crippen molar-refractivity contribution in [3.05, 3.63) is 63.4 Å². The molecule has 0 aliphatic carbocycles. The number of carbonyl (C=O) groups excluding carboxylic acids is 1. The van der Waals surface area contributed by atoms with Gasteiger partial charge in [0.05, 0.1) is 0 Å². The van der Waals surface area contributed by atoms with E-state index < -0.39 is 5.82 Å². The van der Waals surface area contributed by atoms with E-state index in [0.717, 1.165) is 17.7 Å². The van der Waals surface area contributed by atoms with Crippen LogP contribution in [0.1, 0.15) is 28.4 Å². The summed E-state index contributed by atoms with van der Waals surface area (Å²) in [7, 11) is 0. The Morgan fingerprint density at radius 3 is 2.90 bits per heavy atom. The lowest BCUT2D eigenvalue weighted by Crippen LogP contribution is -2.05. The molecule has 0 fully saturated rings. The molecule has 2 aromatic carbocycles. The maximum absolute atomic E-state index is 13.3. The van der Waals surface area contributed by atoms with E-state index in [1.807, 2.05) is 13.0 Å². The van der Waals surface area contributed by atoms with Crippen LogP contribution in [0.25, 0.3) is 0 Å². The summed E-state index contributed by atoms with van der Waals surface area (Å²) in [5.74, 6) is 0.209. The van der Waals surface area contributed by atoms with Crippen LogP contribution in [0.5, 0.6) is 5.75 Å². The molecule has 20 heavy (non-hydrogen) atoms. The lowest BCUT2D eigenvalue weighted by atomic mass is 10.00. The zero-order chi connectivity index (χ0) is 14.3. The number of hydrogen-bond donors (Lipinski definition) is 0. The Morgan fingerprint density at radius 2 is 2.10 bits per heavy atom. The van der Waals surface area contributed by atoms with E-state index in [4.69, 9.17) is 4.74 Å². The second kappa shape index (κ2) is 5.02. The van der Waals surface area contributed by atoms with Crippen LogP contribution in [-0.2, 0) is 6.42 Å². The minimum Gasteiger partial charge on any atom is -0.490 e. The van der Waals surface area contributed by atoms with Crippen molar-refractivity contribution in [3.63, 3.8) is 0 Å². The van der Waals surface area contributed by atoms with E-state index in [2.05, 4.69) is 15.9 Å². The fraction of sp³-hybridized carbons (Fsp3) is 0.188. The van der Waals surface area contributed by atoms with Crippen LogP contribution in [0.3, 0.4) is 0 Å². The first-order valence-corrected chi connectivity index (χ1v) is 7.13. The van der Waals surface area contributed by atoms with Gasteiger partial charge in [-0.15, -0.1) is 0 Å². The molecule has 3 rings (SSSR count). The number of halogens is 2. The van der Waals surface area contributed by atoms with Crippen LogP contribution in [0.2, 0.25) is 0 Å². The summed E-state index contributed by atoms with van der Waals surface area (Å²) in [6.07, 6.45) is 0.928. The number of fused-ring (bicyclic) bond motifs is 1. The molecular weight excluding hydrogens is 323 g/mol. The predicted molar refractivity (Wildman–Crippen MR) is 77.8 cm³/mol. The van der Waals surface area contributed by atoms with Gasteiger partial charge in [0.15, 0.2) is 5.78 Å². The van der Waals surface area contributed by atoms with E-state index in [1.165, 1.54) is 12.1 Å². The number of hydrogen-bond acceptors (Lipinski definition) is 2.